The Kier molecular flexibility index (Phi) is 13.1. The van der Waals surface area contributed by atoms with Crippen LogP contribution >= 0.6 is 24.0 Å². The van der Waals surface area contributed by atoms with Gasteiger partial charge in [0.05, 0.1) is 13.2 Å². The molecule has 0 spiro atoms. The standard InChI is InChI=1S/C18H31N3O.HI/c1-5-11-22-14-17-10-8-7-9-16(17)13-21-18(19-6-2)20-12-15(3)4;/h7-10,15H,5-6,11-14H2,1-4H3,(H2,19,20,21);1H. The molecule has 132 valence electrons. The summed E-state index contributed by atoms with van der Waals surface area (Å²) in [6.45, 7) is 12.5. The van der Waals surface area contributed by atoms with Gasteiger partial charge < -0.3 is 15.4 Å². The molecule has 0 aliphatic carbocycles. The quantitative estimate of drug-likeness (QED) is 0.268. The number of hydrogen-bond acceptors (Lipinski definition) is 2. The maximum atomic E-state index is 5.66. The van der Waals surface area contributed by atoms with Crippen molar-refractivity contribution in [3.8, 4) is 0 Å². The van der Waals surface area contributed by atoms with Crippen LogP contribution < -0.4 is 10.6 Å². The van der Waals surface area contributed by atoms with Crippen LogP contribution in [0.3, 0.4) is 0 Å². The zero-order valence-corrected chi connectivity index (χ0v) is 17.2. The number of guanidine groups is 1. The number of benzene rings is 1. The number of hydrogen-bond donors (Lipinski definition) is 2. The molecule has 0 atom stereocenters. The Labute approximate surface area is 158 Å². The second-order valence-electron chi connectivity index (χ2n) is 5.79. The summed E-state index contributed by atoms with van der Waals surface area (Å²) in [4.78, 5) is 4.68. The molecule has 0 aliphatic rings. The summed E-state index contributed by atoms with van der Waals surface area (Å²) in [7, 11) is 0. The fourth-order valence-electron chi connectivity index (χ4n) is 1.99. The third kappa shape index (κ3) is 9.81. The van der Waals surface area contributed by atoms with E-state index in [0.29, 0.717) is 19.1 Å². The van der Waals surface area contributed by atoms with Gasteiger partial charge in [0.15, 0.2) is 5.96 Å². The van der Waals surface area contributed by atoms with E-state index in [4.69, 9.17) is 4.74 Å². The lowest BCUT2D eigenvalue weighted by Crippen LogP contribution is -2.39. The maximum Gasteiger partial charge on any atom is 0.191 e. The van der Waals surface area contributed by atoms with Crippen LogP contribution in [0.25, 0.3) is 0 Å². The molecule has 0 unspecified atom stereocenters. The van der Waals surface area contributed by atoms with Crippen molar-refractivity contribution in [1.82, 2.24) is 10.6 Å². The molecule has 1 rings (SSSR count). The van der Waals surface area contributed by atoms with E-state index in [9.17, 15) is 0 Å². The number of rotatable bonds is 9. The lowest BCUT2D eigenvalue weighted by molar-refractivity contribution is 0.121. The highest BCUT2D eigenvalue weighted by Gasteiger charge is 2.03. The number of halogens is 1. The molecule has 5 heteroatoms. The molecular weight excluding hydrogens is 401 g/mol. The summed E-state index contributed by atoms with van der Waals surface area (Å²) >= 11 is 0. The van der Waals surface area contributed by atoms with E-state index < -0.39 is 0 Å². The highest BCUT2D eigenvalue weighted by Crippen LogP contribution is 2.11. The summed E-state index contributed by atoms with van der Waals surface area (Å²) in [5.74, 6) is 1.47. The number of nitrogens with zero attached hydrogens (tertiary/aromatic N) is 1. The first-order valence-corrected chi connectivity index (χ1v) is 8.34. The first-order chi connectivity index (χ1) is 10.7. The van der Waals surface area contributed by atoms with Crippen LogP contribution in [0.5, 0.6) is 0 Å². The second-order valence-corrected chi connectivity index (χ2v) is 5.79. The van der Waals surface area contributed by atoms with Crippen molar-refractivity contribution in [1.29, 1.82) is 0 Å². The molecule has 0 aliphatic heterocycles. The molecule has 1 aromatic rings. The predicted octanol–water partition coefficient (Wildman–Crippen LogP) is 3.94. The molecule has 0 heterocycles. The summed E-state index contributed by atoms with van der Waals surface area (Å²) < 4.78 is 5.66. The Balaban J connectivity index is 0.00000484. The topological polar surface area (TPSA) is 45.6 Å². The summed E-state index contributed by atoms with van der Waals surface area (Å²) in [6.07, 6.45) is 1.05. The molecular formula is C18H32IN3O. The molecule has 0 saturated carbocycles. The Morgan fingerprint density at radius 1 is 1.13 bits per heavy atom. The van der Waals surface area contributed by atoms with E-state index >= 15 is 0 Å². The van der Waals surface area contributed by atoms with Gasteiger partial charge in [-0.25, -0.2) is 4.99 Å². The van der Waals surface area contributed by atoms with E-state index in [1.165, 1.54) is 11.1 Å². The van der Waals surface area contributed by atoms with Gasteiger partial charge in [0.1, 0.15) is 0 Å². The van der Waals surface area contributed by atoms with Gasteiger partial charge in [-0.1, -0.05) is 45.0 Å². The van der Waals surface area contributed by atoms with Crippen molar-refractivity contribution >= 4 is 29.9 Å². The van der Waals surface area contributed by atoms with Crippen LogP contribution in [0.2, 0.25) is 0 Å². The molecule has 0 amide bonds. The Hall–Kier alpha value is -0.820. The van der Waals surface area contributed by atoms with Crippen molar-refractivity contribution in [3.05, 3.63) is 35.4 Å². The molecule has 0 radical (unpaired) electrons. The molecule has 4 nitrogen and oxygen atoms in total. The SMILES string of the molecule is CCCOCc1ccccc1CN=C(NCC)NCC(C)C.I. The van der Waals surface area contributed by atoms with Crippen LogP contribution in [-0.4, -0.2) is 25.7 Å². The van der Waals surface area contributed by atoms with Gasteiger partial charge in [0, 0.05) is 19.7 Å². The van der Waals surface area contributed by atoms with Gasteiger partial charge in [0.25, 0.3) is 0 Å². The molecule has 0 saturated heterocycles. The summed E-state index contributed by atoms with van der Waals surface area (Å²) in [5, 5.41) is 6.66. The van der Waals surface area contributed by atoms with Crippen molar-refractivity contribution < 1.29 is 4.74 Å². The summed E-state index contributed by atoms with van der Waals surface area (Å²) in [5.41, 5.74) is 2.44. The predicted molar refractivity (Wildman–Crippen MR) is 109 cm³/mol. The van der Waals surface area contributed by atoms with Gasteiger partial charge in [-0.3, -0.25) is 0 Å². The molecule has 2 N–H and O–H groups in total. The van der Waals surface area contributed by atoms with Crippen LogP contribution in [0.4, 0.5) is 0 Å². The van der Waals surface area contributed by atoms with Gasteiger partial charge in [-0.2, -0.15) is 0 Å². The van der Waals surface area contributed by atoms with E-state index in [0.717, 1.165) is 32.1 Å². The third-order valence-corrected chi connectivity index (χ3v) is 3.15. The molecule has 23 heavy (non-hydrogen) atoms. The zero-order valence-electron chi connectivity index (χ0n) is 14.9. The van der Waals surface area contributed by atoms with Crippen molar-refractivity contribution in [2.45, 2.75) is 47.3 Å². The maximum absolute atomic E-state index is 5.66. The first-order valence-electron chi connectivity index (χ1n) is 8.34. The van der Waals surface area contributed by atoms with Crippen LogP contribution in [-0.2, 0) is 17.9 Å². The average Bonchev–Trinajstić information content (AvgIpc) is 2.51. The highest BCUT2D eigenvalue weighted by atomic mass is 127. The number of aliphatic imine (C=N–C) groups is 1. The average molecular weight is 433 g/mol. The van der Waals surface area contributed by atoms with E-state index in [2.05, 4.69) is 67.6 Å². The molecule has 1 aromatic carbocycles. The molecule has 0 bridgehead atoms. The van der Waals surface area contributed by atoms with Crippen molar-refractivity contribution in [3.63, 3.8) is 0 Å². The van der Waals surface area contributed by atoms with Crippen LogP contribution in [0.1, 0.15) is 45.2 Å². The van der Waals surface area contributed by atoms with E-state index in [1.807, 2.05) is 0 Å². The van der Waals surface area contributed by atoms with Crippen molar-refractivity contribution in [2.24, 2.45) is 10.9 Å². The van der Waals surface area contributed by atoms with Crippen LogP contribution in [0.15, 0.2) is 29.3 Å². The fraction of sp³-hybridized carbons (Fsp3) is 0.611. The minimum Gasteiger partial charge on any atom is -0.377 e. The van der Waals surface area contributed by atoms with Gasteiger partial charge in [-0.05, 0) is 30.4 Å². The van der Waals surface area contributed by atoms with Gasteiger partial charge in [-0.15, -0.1) is 24.0 Å². The van der Waals surface area contributed by atoms with Crippen molar-refractivity contribution in [2.75, 3.05) is 19.7 Å². The normalized spacial score (nSPS) is 11.3. The zero-order chi connectivity index (χ0) is 16.2. The molecule has 0 fully saturated rings. The largest absolute Gasteiger partial charge is 0.377 e. The second kappa shape index (κ2) is 13.6. The highest BCUT2D eigenvalue weighted by molar-refractivity contribution is 14.0. The molecule has 0 aromatic heterocycles. The lowest BCUT2D eigenvalue weighted by Gasteiger charge is -2.14. The van der Waals surface area contributed by atoms with E-state index in [-0.39, 0.29) is 24.0 Å². The minimum absolute atomic E-state index is 0. The number of ether oxygens (including phenoxy) is 1. The number of nitrogens with one attached hydrogen (secondary N) is 2. The first kappa shape index (κ1) is 22.2. The summed E-state index contributed by atoms with van der Waals surface area (Å²) in [6, 6.07) is 8.36. The smallest absolute Gasteiger partial charge is 0.191 e. The lowest BCUT2D eigenvalue weighted by atomic mass is 10.1. The van der Waals surface area contributed by atoms with Gasteiger partial charge in [0.2, 0.25) is 0 Å². The van der Waals surface area contributed by atoms with Gasteiger partial charge >= 0.3 is 0 Å². The van der Waals surface area contributed by atoms with Crippen LogP contribution in [0, 0.1) is 5.92 Å². The van der Waals surface area contributed by atoms with E-state index in [1.54, 1.807) is 0 Å². The Bertz CT molecular complexity index is 450. The Morgan fingerprint density at radius 2 is 1.83 bits per heavy atom. The fourth-order valence-corrected chi connectivity index (χ4v) is 1.99. The monoisotopic (exact) mass is 433 g/mol. The third-order valence-electron chi connectivity index (χ3n) is 3.15. The Morgan fingerprint density at radius 3 is 2.43 bits per heavy atom. The minimum atomic E-state index is 0.